The normalized spacial score (nSPS) is 22.8. The second kappa shape index (κ2) is 7.41. The van der Waals surface area contributed by atoms with Crippen molar-refractivity contribution >= 4 is 5.91 Å². The van der Waals surface area contributed by atoms with Gasteiger partial charge >= 0.3 is 0 Å². The van der Waals surface area contributed by atoms with Crippen molar-refractivity contribution in [3.8, 4) is 0 Å². The molecule has 1 heterocycles. The first kappa shape index (κ1) is 15.8. The molecular weight excluding hydrogens is 250 g/mol. The third-order valence-electron chi connectivity index (χ3n) is 4.90. The van der Waals surface area contributed by atoms with Crippen LogP contribution in [-0.2, 0) is 4.79 Å². The fourth-order valence-electron chi connectivity index (χ4n) is 3.12. The summed E-state index contributed by atoms with van der Waals surface area (Å²) in [6.45, 7) is 11.2. The lowest BCUT2D eigenvalue weighted by molar-refractivity contribution is -0.136. The Morgan fingerprint density at radius 3 is 2.30 bits per heavy atom. The highest BCUT2D eigenvalue weighted by atomic mass is 16.2. The Hall–Kier alpha value is -0.610. The number of hydrogen-bond acceptors (Lipinski definition) is 3. The van der Waals surface area contributed by atoms with Crippen LogP contribution in [0, 0.1) is 5.92 Å². The third kappa shape index (κ3) is 4.19. The number of carbonyl (C=O) groups excluding carboxylic acids is 1. The number of hydrogen-bond donors (Lipinski definition) is 1. The molecule has 1 unspecified atom stereocenters. The molecule has 0 spiro atoms. The Morgan fingerprint density at radius 2 is 1.80 bits per heavy atom. The number of likely N-dealkylation sites (tertiary alicyclic amines) is 1. The van der Waals surface area contributed by atoms with Crippen LogP contribution < -0.4 is 5.32 Å². The van der Waals surface area contributed by atoms with E-state index in [1.165, 1.54) is 32.2 Å². The van der Waals surface area contributed by atoms with Crippen LogP contribution in [0.15, 0.2) is 0 Å². The first-order valence-corrected chi connectivity index (χ1v) is 8.41. The van der Waals surface area contributed by atoms with Gasteiger partial charge in [0.05, 0.1) is 6.04 Å². The summed E-state index contributed by atoms with van der Waals surface area (Å²) in [5.41, 5.74) is 0. The molecular formula is C16H31N3O. The molecule has 1 saturated carbocycles. The van der Waals surface area contributed by atoms with Gasteiger partial charge in [0.25, 0.3) is 0 Å². The zero-order valence-electron chi connectivity index (χ0n) is 13.4. The van der Waals surface area contributed by atoms with Gasteiger partial charge in [0, 0.05) is 19.1 Å². The summed E-state index contributed by atoms with van der Waals surface area (Å²) >= 11 is 0. The number of piperidine rings is 1. The predicted molar refractivity (Wildman–Crippen MR) is 82.7 cm³/mol. The van der Waals surface area contributed by atoms with Crippen LogP contribution in [0.5, 0.6) is 0 Å². The van der Waals surface area contributed by atoms with E-state index < -0.39 is 0 Å². The van der Waals surface area contributed by atoms with Crippen molar-refractivity contribution in [1.82, 2.24) is 15.1 Å². The molecule has 1 aliphatic carbocycles. The standard InChI is InChI=1S/C16H31N3O/c1-4-18(5-2)16(20)13(3)19-10-8-14(9-11-19)12-17-15-6-7-15/h13-15,17H,4-12H2,1-3H3. The van der Waals surface area contributed by atoms with E-state index in [1.54, 1.807) is 0 Å². The molecule has 0 aromatic carbocycles. The van der Waals surface area contributed by atoms with Crippen molar-refractivity contribution in [2.75, 3.05) is 32.7 Å². The summed E-state index contributed by atoms with van der Waals surface area (Å²) in [5.74, 6) is 1.10. The van der Waals surface area contributed by atoms with Crippen LogP contribution in [0.1, 0.15) is 46.5 Å². The van der Waals surface area contributed by atoms with Crippen LogP contribution in [0.4, 0.5) is 0 Å². The van der Waals surface area contributed by atoms with Crippen LogP contribution in [-0.4, -0.2) is 60.5 Å². The van der Waals surface area contributed by atoms with E-state index in [1.807, 2.05) is 4.90 Å². The second-order valence-electron chi connectivity index (χ2n) is 6.35. The van der Waals surface area contributed by atoms with Gasteiger partial charge in [-0.3, -0.25) is 9.69 Å². The van der Waals surface area contributed by atoms with Crippen molar-refractivity contribution in [3.63, 3.8) is 0 Å². The monoisotopic (exact) mass is 281 g/mol. The van der Waals surface area contributed by atoms with Gasteiger partial charge < -0.3 is 10.2 Å². The zero-order chi connectivity index (χ0) is 14.5. The summed E-state index contributed by atoms with van der Waals surface area (Å²) in [6, 6.07) is 0.864. The molecule has 2 fully saturated rings. The van der Waals surface area contributed by atoms with E-state index in [-0.39, 0.29) is 6.04 Å². The van der Waals surface area contributed by atoms with E-state index in [4.69, 9.17) is 0 Å². The fourth-order valence-corrected chi connectivity index (χ4v) is 3.12. The summed E-state index contributed by atoms with van der Waals surface area (Å²) in [4.78, 5) is 16.7. The predicted octanol–water partition coefficient (Wildman–Crippen LogP) is 1.71. The van der Waals surface area contributed by atoms with Crippen LogP contribution >= 0.6 is 0 Å². The molecule has 116 valence electrons. The number of nitrogens with zero attached hydrogens (tertiary/aromatic N) is 2. The van der Waals surface area contributed by atoms with Crippen molar-refractivity contribution in [3.05, 3.63) is 0 Å². The lowest BCUT2D eigenvalue weighted by atomic mass is 9.95. The minimum absolute atomic E-state index is 0.0484. The van der Waals surface area contributed by atoms with E-state index in [0.29, 0.717) is 5.91 Å². The molecule has 1 N–H and O–H groups in total. The van der Waals surface area contributed by atoms with Gasteiger partial charge in [0.1, 0.15) is 0 Å². The Morgan fingerprint density at radius 1 is 1.20 bits per heavy atom. The van der Waals surface area contributed by atoms with E-state index in [9.17, 15) is 4.79 Å². The Balaban J connectivity index is 1.72. The van der Waals surface area contributed by atoms with Crippen LogP contribution in [0.25, 0.3) is 0 Å². The fraction of sp³-hybridized carbons (Fsp3) is 0.938. The lowest BCUT2D eigenvalue weighted by Crippen LogP contribution is -2.50. The maximum absolute atomic E-state index is 12.4. The van der Waals surface area contributed by atoms with Crippen molar-refractivity contribution in [2.24, 2.45) is 5.92 Å². The Kier molecular flexibility index (Phi) is 5.85. The summed E-state index contributed by atoms with van der Waals surface area (Å²) in [6.07, 6.45) is 5.20. The molecule has 1 atom stereocenters. The van der Waals surface area contributed by atoms with Gasteiger partial charge in [-0.2, -0.15) is 0 Å². The Labute approximate surface area is 123 Å². The second-order valence-corrected chi connectivity index (χ2v) is 6.35. The highest BCUT2D eigenvalue weighted by molar-refractivity contribution is 5.81. The summed E-state index contributed by atoms with van der Waals surface area (Å²) < 4.78 is 0. The smallest absolute Gasteiger partial charge is 0.239 e. The topological polar surface area (TPSA) is 35.6 Å². The molecule has 1 amide bonds. The number of rotatable bonds is 7. The van der Waals surface area contributed by atoms with Gasteiger partial charge in [-0.15, -0.1) is 0 Å². The maximum atomic E-state index is 12.4. The quantitative estimate of drug-likeness (QED) is 0.771. The van der Waals surface area contributed by atoms with Gasteiger partial charge in [-0.25, -0.2) is 0 Å². The number of likely N-dealkylation sites (N-methyl/N-ethyl adjacent to an activating group) is 1. The largest absolute Gasteiger partial charge is 0.342 e. The number of nitrogens with one attached hydrogen (secondary N) is 1. The SMILES string of the molecule is CCN(CC)C(=O)C(C)N1CCC(CNC2CC2)CC1. The number of carbonyl (C=O) groups is 1. The zero-order valence-corrected chi connectivity index (χ0v) is 13.4. The molecule has 0 radical (unpaired) electrons. The molecule has 2 aliphatic rings. The lowest BCUT2D eigenvalue weighted by Gasteiger charge is -2.37. The average molecular weight is 281 g/mol. The van der Waals surface area contributed by atoms with Crippen molar-refractivity contribution < 1.29 is 4.79 Å². The van der Waals surface area contributed by atoms with E-state index in [2.05, 4.69) is 31.0 Å². The van der Waals surface area contributed by atoms with Gasteiger partial charge in [0.15, 0.2) is 0 Å². The maximum Gasteiger partial charge on any atom is 0.239 e. The van der Waals surface area contributed by atoms with Gasteiger partial charge in [0.2, 0.25) is 5.91 Å². The first-order valence-electron chi connectivity index (χ1n) is 8.41. The van der Waals surface area contributed by atoms with Crippen molar-refractivity contribution in [2.45, 2.75) is 58.5 Å². The number of amides is 1. The molecule has 4 nitrogen and oxygen atoms in total. The first-order chi connectivity index (χ1) is 9.65. The van der Waals surface area contributed by atoms with Crippen LogP contribution in [0.3, 0.4) is 0 Å². The molecule has 1 aliphatic heterocycles. The Bertz CT molecular complexity index is 305. The highest BCUT2D eigenvalue weighted by Gasteiger charge is 2.29. The van der Waals surface area contributed by atoms with E-state index >= 15 is 0 Å². The molecule has 4 heteroatoms. The summed E-state index contributed by atoms with van der Waals surface area (Å²) in [7, 11) is 0. The minimum Gasteiger partial charge on any atom is -0.342 e. The molecule has 1 saturated heterocycles. The van der Waals surface area contributed by atoms with E-state index in [0.717, 1.165) is 38.1 Å². The molecule has 0 bridgehead atoms. The molecule has 20 heavy (non-hydrogen) atoms. The van der Waals surface area contributed by atoms with Crippen molar-refractivity contribution in [1.29, 1.82) is 0 Å². The highest BCUT2D eigenvalue weighted by Crippen LogP contribution is 2.22. The third-order valence-corrected chi connectivity index (χ3v) is 4.90. The van der Waals surface area contributed by atoms with Crippen LogP contribution in [0.2, 0.25) is 0 Å². The average Bonchev–Trinajstić information content (AvgIpc) is 3.30. The minimum atomic E-state index is 0.0484. The molecule has 2 rings (SSSR count). The molecule has 0 aromatic rings. The molecule has 0 aromatic heterocycles. The van der Waals surface area contributed by atoms with Gasteiger partial charge in [-0.1, -0.05) is 0 Å². The van der Waals surface area contributed by atoms with Gasteiger partial charge in [-0.05, 0) is 72.0 Å². The summed E-state index contributed by atoms with van der Waals surface area (Å²) in [5, 5.41) is 3.64.